The highest BCUT2D eigenvalue weighted by Crippen LogP contribution is 2.44. The molecule has 0 fully saturated rings. The molecule has 1 aliphatic rings. The fraction of sp³-hybridized carbons (Fsp3) is 0.150. The van der Waals surface area contributed by atoms with E-state index >= 15 is 0 Å². The molecular weight excluding hydrogens is 330 g/mol. The van der Waals surface area contributed by atoms with Crippen molar-refractivity contribution in [2.24, 2.45) is 0 Å². The maximum Gasteiger partial charge on any atom is 0.195 e. The summed E-state index contributed by atoms with van der Waals surface area (Å²) in [6.45, 7) is 1.98. The van der Waals surface area contributed by atoms with Gasteiger partial charge < -0.3 is 4.90 Å². The molecule has 1 aliphatic carbocycles. The Kier molecular flexibility index (Phi) is 3.73. The maximum absolute atomic E-state index is 13.3. The zero-order chi connectivity index (χ0) is 17.6. The number of ketones is 1. The summed E-state index contributed by atoms with van der Waals surface area (Å²) in [5.74, 6) is 0.0505. The van der Waals surface area contributed by atoms with E-state index in [1.54, 1.807) is 23.7 Å². The second-order valence-corrected chi connectivity index (χ2v) is 7.07. The number of thiazole rings is 1. The fourth-order valence-corrected chi connectivity index (χ4v) is 4.03. The fourth-order valence-electron chi connectivity index (χ4n) is 3.16. The van der Waals surface area contributed by atoms with Crippen molar-refractivity contribution < 1.29 is 4.79 Å². The summed E-state index contributed by atoms with van der Waals surface area (Å²) in [7, 11) is 3.95. The Balaban J connectivity index is 2.01. The van der Waals surface area contributed by atoms with Gasteiger partial charge in [-0.3, -0.25) is 9.78 Å². The summed E-state index contributed by atoms with van der Waals surface area (Å²) in [5, 5.41) is 0. The quantitative estimate of drug-likeness (QED) is 0.716. The molecule has 4 rings (SSSR count). The molecule has 25 heavy (non-hydrogen) atoms. The Hall–Kier alpha value is -2.79. The highest BCUT2D eigenvalue weighted by atomic mass is 32.1. The Morgan fingerprint density at radius 2 is 1.92 bits per heavy atom. The number of benzene rings is 1. The van der Waals surface area contributed by atoms with Crippen LogP contribution >= 0.6 is 11.3 Å². The summed E-state index contributed by atoms with van der Waals surface area (Å²) in [6.07, 6.45) is 3.47. The van der Waals surface area contributed by atoms with Crippen molar-refractivity contribution in [1.29, 1.82) is 0 Å². The number of carbonyl (C=O) groups excluding carboxylic acids is 1. The van der Waals surface area contributed by atoms with Crippen molar-refractivity contribution in [3.63, 3.8) is 0 Å². The average Bonchev–Trinajstić information content (AvgIpc) is 3.16. The normalized spacial score (nSPS) is 13.3. The number of hydrogen-bond acceptors (Lipinski definition) is 5. The zero-order valence-electron chi connectivity index (χ0n) is 14.3. The molecule has 0 radical (unpaired) electrons. The van der Waals surface area contributed by atoms with E-state index in [4.69, 9.17) is 0 Å². The van der Waals surface area contributed by atoms with Crippen molar-refractivity contribution in [3.05, 3.63) is 75.5 Å². The number of allylic oxidation sites excluding steroid dienone is 1. The van der Waals surface area contributed by atoms with E-state index in [-0.39, 0.29) is 5.78 Å². The van der Waals surface area contributed by atoms with Crippen LogP contribution in [0.3, 0.4) is 0 Å². The lowest BCUT2D eigenvalue weighted by Crippen LogP contribution is -2.09. The first-order valence-corrected chi connectivity index (χ1v) is 8.87. The molecule has 0 unspecified atom stereocenters. The minimum Gasteiger partial charge on any atom is -0.378 e. The van der Waals surface area contributed by atoms with Gasteiger partial charge in [0.1, 0.15) is 0 Å². The van der Waals surface area contributed by atoms with Gasteiger partial charge in [0, 0.05) is 54.4 Å². The van der Waals surface area contributed by atoms with Crippen LogP contribution in [-0.4, -0.2) is 29.8 Å². The molecule has 2 aromatic heterocycles. The van der Waals surface area contributed by atoms with Gasteiger partial charge in [-0.2, -0.15) is 0 Å². The SMILES string of the molecule is Cc1ncsc1C1=C(c2cccnc2)C(=O)c2cc(N(C)C)ccc21. The molecule has 3 aromatic rings. The third-order valence-electron chi connectivity index (χ3n) is 4.43. The molecule has 0 atom stereocenters. The molecule has 0 spiro atoms. The van der Waals surface area contributed by atoms with Crippen molar-refractivity contribution >= 4 is 34.0 Å². The molecule has 0 saturated carbocycles. The minimum atomic E-state index is 0.0505. The number of carbonyl (C=O) groups is 1. The van der Waals surface area contributed by atoms with Gasteiger partial charge in [-0.25, -0.2) is 4.98 Å². The lowest BCUT2D eigenvalue weighted by atomic mass is 9.99. The van der Waals surface area contributed by atoms with Gasteiger partial charge in [-0.1, -0.05) is 12.1 Å². The van der Waals surface area contributed by atoms with Gasteiger partial charge >= 0.3 is 0 Å². The molecule has 5 heteroatoms. The minimum absolute atomic E-state index is 0.0505. The third kappa shape index (κ3) is 2.48. The summed E-state index contributed by atoms with van der Waals surface area (Å²) in [4.78, 5) is 24.9. The van der Waals surface area contributed by atoms with Gasteiger partial charge in [0.25, 0.3) is 0 Å². The molecule has 0 bridgehead atoms. The number of aromatic nitrogens is 2. The Morgan fingerprint density at radius 1 is 1.08 bits per heavy atom. The first-order valence-electron chi connectivity index (χ1n) is 7.99. The van der Waals surface area contributed by atoms with Crippen LogP contribution in [-0.2, 0) is 0 Å². The lowest BCUT2D eigenvalue weighted by molar-refractivity contribution is 0.105. The van der Waals surface area contributed by atoms with Gasteiger partial charge in [-0.15, -0.1) is 11.3 Å². The number of aryl methyl sites for hydroxylation is 1. The van der Waals surface area contributed by atoms with Crippen LogP contribution < -0.4 is 4.90 Å². The van der Waals surface area contributed by atoms with Gasteiger partial charge in [0.05, 0.1) is 16.1 Å². The van der Waals surface area contributed by atoms with Crippen LogP contribution in [0.1, 0.15) is 32.1 Å². The number of anilines is 1. The summed E-state index contributed by atoms with van der Waals surface area (Å²) < 4.78 is 0. The summed E-state index contributed by atoms with van der Waals surface area (Å²) >= 11 is 1.57. The molecule has 0 aliphatic heterocycles. The molecule has 124 valence electrons. The topological polar surface area (TPSA) is 46.1 Å². The van der Waals surface area contributed by atoms with Crippen LogP contribution in [0.4, 0.5) is 5.69 Å². The predicted molar refractivity (Wildman–Crippen MR) is 102 cm³/mol. The van der Waals surface area contributed by atoms with Gasteiger partial charge in [0.15, 0.2) is 5.78 Å². The van der Waals surface area contributed by atoms with E-state index in [9.17, 15) is 4.79 Å². The van der Waals surface area contributed by atoms with E-state index in [2.05, 4.69) is 16.0 Å². The molecule has 4 nitrogen and oxygen atoms in total. The molecule has 1 aromatic carbocycles. The average molecular weight is 347 g/mol. The monoisotopic (exact) mass is 347 g/mol. The first kappa shape index (κ1) is 15.7. The van der Waals surface area contributed by atoms with Crippen molar-refractivity contribution in [2.75, 3.05) is 19.0 Å². The van der Waals surface area contributed by atoms with Crippen LogP contribution in [0, 0.1) is 6.92 Å². The predicted octanol–water partition coefficient (Wildman–Crippen LogP) is 4.07. The molecule has 0 N–H and O–H groups in total. The van der Waals surface area contributed by atoms with Crippen LogP contribution in [0.15, 0.2) is 48.2 Å². The van der Waals surface area contributed by atoms with E-state index < -0.39 is 0 Å². The highest BCUT2D eigenvalue weighted by Gasteiger charge is 2.33. The van der Waals surface area contributed by atoms with E-state index in [0.29, 0.717) is 5.57 Å². The number of hydrogen-bond donors (Lipinski definition) is 0. The van der Waals surface area contributed by atoms with E-state index in [1.807, 2.05) is 55.7 Å². The van der Waals surface area contributed by atoms with E-state index in [1.165, 1.54) is 0 Å². The van der Waals surface area contributed by atoms with Gasteiger partial charge in [-0.05, 0) is 30.7 Å². The highest BCUT2D eigenvalue weighted by molar-refractivity contribution is 7.11. The molecular formula is C20H17N3OS. The second-order valence-electron chi connectivity index (χ2n) is 6.21. The van der Waals surface area contributed by atoms with Crippen LogP contribution in [0.25, 0.3) is 11.1 Å². The second kappa shape index (κ2) is 5.93. The molecule has 2 heterocycles. The van der Waals surface area contributed by atoms with Crippen LogP contribution in [0.5, 0.6) is 0 Å². The van der Waals surface area contributed by atoms with Crippen molar-refractivity contribution in [2.45, 2.75) is 6.92 Å². The summed E-state index contributed by atoms with van der Waals surface area (Å²) in [5.41, 5.74) is 8.03. The maximum atomic E-state index is 13.3. The smallest absolute Gasteiger partial charge is 0.195 e. The number of rotatable bonds is 3. The Labute approximate surface area is 150 Å². The Bertz CT molecular complexity index is 1000. The zero-order valence-corrected chi connectivity index (χ0v) is 15.1. The summed E-state index contributed by atoms with van der Waals surface area (Å²) in [6, 6.07) is 9.86. The number of fused-ring (bicyclic) bond motifs is 1. The first-order chi connectivity index (χ1) is 12.1. The van der Waals surface area contributed by atoms with Crippen LogP contribution in [0.2, 0.25) is 0 Å². The Morgan fingerprint density at radius 3 is 2.56 bits per heavy atom. The van der Waals surface area contributed by atoms with Gasteiger partial charge in [0.2, 0.25) is 0 Å². The van der Waals surface area contributed by atoms with Crippen molar-refractivity contribution in [3.8, 4) is 0 Å². The number of nitrogens with zero attached hydrogens (tertiary/aromatic N) is 3. The number of pyridine rings is 1. The molecule has 0 amide bonds. The van der Waals surface area contributed by atoms with E-state index in [0.717, 1.165) is 38.5 Å². The molecule has 0 saturated heterocycles. The lowest BCUT2D eigenvalue weighted by Gasteiger charge is -2.14. The van der Waals surface area contributed by atoms with Crippen molar-refractivity contribution in [1.82, 2.24) is 9.97 Å². The number of Topliss-reactive ketones (excluding diaryl/α,β-unsaturated/α-hetero) is 1. The largest absolute Gasteiger partial charge is 0.378 e. The third-order valence-corrected chi connectivity index (χ3v) is 5.38. The standard InChI is InChI=1S/C20H17N3OS/c1-12-20(25-11-22-12)18-15-7-6-14(23(2)3)9-16(15)19(24)17(18)13-5-4-8-21-10-13/h4-11H,1-3H3.